The summed E-state index contributed by atoms with van der Waals surface area (Å²) < 4.78 is 0. The summed E-state index contributed by atoms with van der Waals surface area (Å²) in [4.78, 5) is 20.5. The molecule has 4 nitrogen and oxygen atoms in total. The first-order valence-electron chi connectivity index (χ1n) is 7.08. The van der Waals surface area contributed by atoms with E-state index in [0.29, 0.717) is 12.0 Å². The first kappa shape index (κ1) is 14.4. The topological polar surface area (TPSA) is 49.0 Å². The van der Waals surface area contributed by atoms with Crippen LogP contribution in [0.2, 0.25) is 0 Å². The van der Waals surface area contributed by atoms with Gasteiger partial charge in [-0.15, -0.1) is 12.4 Å². The normalized spacial score (nSPS) is 26.5. The average Bonchev–Trinajstić information content (AvgIpc) is 3.02. The number of hydrogen-bond acceptors (Lipinski definition) is 2. The van der Waals surface area contributed by atoms with Gasteiger partial charge in [-0.25, -0.2) is 4.98 Å². The number of amides is 1. The van der Waals surface area contributed by atoms with Crippen LogP contribution in [0.1, 0.15) is 50.1 Å². The minimum atomic E-state index is 0. The zero-order chi connectivity index (χ0) is 12.4. The van der Waals surface area contributed by atoms with Crippen molar-refractivity contribution in [2.45, 2.75) is 50.5 Å². The number of H-pyrrole nitrogens is 1. The van der Waals surface area contributed by atoms with Crippen LogP contribution < -0.4 is 0 Å². The number of halogens is 1. The molecular weight excluding hydrogens is 262 g/mol. The fourth-order valence-electron chi connectivity index (χ4n) is 3.28. The van der Waals surface area contributed by atoms with Crippen LogP contribution in [0.3, 0.4) is 0 Å². The van der Waals surface area contributed by atoms with Gasteiger partial charge in [0.2, 0.25) is 6.41 Å². The number of carbonyl (C=O) groups excluding carboxylic acids is 1. The fourth-order valence-corrected chi connectivity index (χ4v) is 3.28. The zero-order valence-corrected chi connectivity index (χ0v) is 11.9. The number of nitrogens with one attached hydrogen (secondary N) is 1. The summed E-state index contributed by atoms with van der Waals surface area (Å²) in [6.07, 6.45) is 12.4. The molecule has 0 bridgehead atoms. The quantitative estimate of drug-likeness (QED) is 0.845. The SMILES string of the molecule is Cl.O=CN(CC1CCCCC1)[C@@H]1C[C@H]1c1cnc[nH]1. The van der Waals surface area contributed by atoms with Crippen LogP contribution in [0.15, 0.2) is 12.5 Å². The third-order valence-corrected chi connectivity index (χ3v) is 4.43. The highest BCUT2D eigenvalue weighted by atomic mass is 35.5. The fraction of sp³-hybridized carbons (Fsp3) is 0.714. The molecule has 0 unspecified atom stereocenters. The van der Waals surface area contributed by atoms with Crippen LogP contribution >= 0.6 is 12.4 Å². The van der Waals surface area contributed by atoms with Crippen LogP contribution in [0.4, 0.5) is 0 Å². The molecule has 2 saturated carbocycles. The van der Waals surface area contributed by atoms with Gasteiger partial charge in [0, 0.05) is 30.4 Å². The van der Waals surface area contributed by atoms with Crippen LogP contribution in [-0.2, 0) is 4.79 Å². The summed E-state index contributed by atoms with van der Waals surface area (Å²) in [7, 11) is 0. The molecule has 3 rings (SSSR count). The van der Waals surface area contributed by atoms with Crippen molar-refractivity contribution in [1.82, 2.24) is 14.9 Å². The van der Waals surface area contributed by atoms with Gasteiger partial charge in [0.05, 0.1) is 6.33 Å². The number of aromatic amines is 1. The Morgan fingerprint density at radius 3 is 2.79 bits per heavy atom. The summed E-state index contributed by atoms with van der Waals surface area (Å²) in [5, 5.41) is 0. The Kier molecular flexibility index (Phi) is 4.86. The monoisotopic (exact) mass is 283 g/mol. The Morgan fingerprint density at radius 2 is 2.16 bits per heavy atom. The maximum absolute atomic E-state index is 11.3. The van der Waals surface area contributed by atoms with Crippen LogP contribution in [0.25, 0.3) is 0 Å². The summed E-state index contributed by atoms with van der Waals surface area (Å²) in [5.41, 5.74) is 1.18. The number of nitrogens with zero attached hydrogens (tertiary/aromatic N) is 2. The predicted octanol–water partition coefficient (Wildman–Crippen LogP) is 2.73. The van der Waals surface area contributed by atoms with Crippen LogP contribution in [0, 0.1) is 5.92 Å². The highest BCUT2D eigenvalue weighted by Crippen LogP contribution is 2.43. The maximum atomic E-state index is 11.3. The highest BCUT2D eigenvalue weighted by Gasteiger charge is 2.43. The van der Waals surface area contributed by atoms with Gasteiger partial charge >= 0.3 is 0 Å². The second kappa shape index (κ2) is 6.42. The summed E-state index contributed by atoms with van der Waals surface area (Å²) in [6, 6.07) is 0.407. The van der Waals surface area contributed by atoms with Gasteiger partial charge < -0.3 is 9.88 Å². The molecule has 5 heteroatoms. The molecule has 1 amide bonds. The van der Waals surface area contributed by atoms with Crippen molar-refractivity contribution >= 4 is 18.8 Å². The third-order valence-electron chi connectivity index (χ3n) is 4.43. The van der Waals surface area contributed by atoms with Crippen LogP contribution in [0.5, 0.6) is 0 Å². The Bertz CT molecular complexity index is 389. The van der Waals surface area contributed by atoms with E-state index in [0.717, 1.165) is 25.3 Å². The van der Waals surface area contributed by atoms with Crippen molar-refractivity contribution in [2.75, 3.05) is 6.54 Å². The van der Waals surface area contributed by atoms with Gasteiger partial charge in [0.25, 0.3) is 0 Å². The number of aromatic nitrogens is 2. The second-order valence-corrected chi connectivity index (χ2v) is 5.72. The van der Waals surface area contributed by atoms with Crippen molar-refractivity contribution < 1.29 is 4.79 Å². The zero-order valence-electron chi connectivity index (χ0n) is 11.1. The molecule has 1 heterocycles. The van der Waals surface area contributed by atoms with Gasteiger partial charge in [-0.3, -0.25) is 4.79 Å². The first-order valence-corrected chi connectivity index (χ1v) is 7.08. The van der Waals surface area contributed by atoms with Crippen molar-refractivity contribution in [3.05, 3.63) is 18.2 Å². The van der Waals surface area contributed by atoms with Gasteiger partial charge in [-0.2, -0.15) is 0 Å². The second-order valence-electron chi connectivity index (χ2n) is 5.72. The lowest BCUT2D eigenvalue weighted by Gasteiger charge is -2.27. The lowest BCUT2D eigenvalue weighted by molar-refractivity contribution is -0.119. The van der Waals surface area contributed by atoms with Crippen molar-refractivity contribution in [3.8, 4) is 0 Å². The number of imidazole rings is 1. The molecule has 0 radical (unpaired) electrons. The third kappa shape index (κ3) is 3.30. The van der Waals surface area contributed by atoms with Crippen LogP contribution in [-0.4, -0.2) is 33.9 Å². The van der Waals surface area contributed by atoms with Crippen molar-refractivity contribution in [1.29, 1.82) is 0 Å². The molecule has 0 spiro atoms. The lowest BCUT2D eigenvalue weighted by Crippen LogP contribution is -2.32. The van der Waals surface area contributed by atoms with E-state index in [2.05, 4.69) is 9.97 Å². The van der Waals surface area contributed by atoms with E-state index in [4.69, 9.17) is 0 Å². The maximum Gasteiger partial charge on any atom is 0.209 e. The smallest absolute Gasteiger partial charge is 0.209 e. The van der Waals surface area contributed by atoms with Gasteiger partial charge in [-0.1, -0.05) is 19.3 Å². The summed E-state index contributed by atoms with van der Waals surface area (Å²) >= 11 is 0. The molecule has 2 atom stereocenters. The average molecular weight is 284 g/mol. The van der Waals surface area contributed by atoms with E-state index in [1.54, 1.807) is 6.33 Å². The standard InChI is InChI=1S/C14H21N3O.ClH/c18-10-17(8-11-4-2-1-3-5-11)14-6-12(14)13-7-15-9-16-13;/h7,9-12,14H,1-6,8H2,(H,15,16);1H/t12-,14+;/m0./s1. The van der Waals surface area contributed by atoms with Gasteiger partial charge in [0.1, 0.15) is 0 Å². The van der Waals surface area contributed by atoms with Gasteiger partial charge in [-0.05, 0) is 25.2 Å². The molecule has 2 fully saturated rings. The lowest BCUT2D eigenvalue weighted by atomic mass is 9.89. The molecule has 2 aliphatic carbocycles. The predicted molar refractivity (Wildman–Crippen MR) is 76.3 cm³/mol. The Morgan fingerprint density at radius 1 is 1.37 bits per heavy atom. The Labute approximate surface area is 120 Å². The largest absolute Gasteiger partial charge is 0.348 e. The molecule has 0 aliphatic heterocycles. The molecular formula is C14H22ClN3O. The molecule has 2 aliphatic rings. The van der Waals surface area contributed by atoms with E-state index >= 15 is 0 Å². The molecule has 1 aromatic heterocycles. The molecule has 1 aromatic rings. The van der Waals surface area contributed by atoms with E-state index in [-0.39, 0.29) is 12.4 Å². The Balaban J connectivity index is 0.00000133. The van der Waals surface area contributed by atoms with E-state index in [1.165, 1.54) is 37.8 Å². The molecule has 19 heavy (non-hydrogen) atoms. The van der Waals surface area contributed by atoms with Gasteiger partial charge in [0.15, 0.2) is 0 Å². The Hall–Kier alpha value is -1.03. The van der Waals surface area contributed by atoms with Crippen molar-refractivity contribution in [3.63, 3.8) is 0 Å². The highest BCUT2D eigenvalue weighted by molar-refractivity contribution is 5.85. The molecule has 0 aromatic carbocycles. The van der Waals surface area contributed by atoms with E-state index < -0.39 is 0 Å². The van der Waals surface area contributed by atoms with E-state index in [1.807, 2.05) is 11.1 Å². The minimum absolute atomic E-state index is 0. The number of rotatable bonds is 5. The first-order chi connectivity index (χ1) is 8.88. The summed E-state index contributed by atoms with van der Waals surface area (Å²) in [5.74, 6) is 1.22. The summed E-state index contributed by atoms with van der Waals surface area (Å²) in [6.45, 7) is 0.957. The number of hydrogen-bond donors (Lipinski definition) is 1. The molecule has 106 valence electrons. The number of carbonyl (C=O) groups is 1. The van der Waals surface area contributed by atoms with Crippen molar-refractivity contribution in [2.24, 2.45) is 5.92 Å². The van der Waals surface area contributed by atoms with E-state index in [9.17, 15) is 4.79 Å². The molecule has 1 N–H and O–H groups in total. The minimum Gasteiger partial charge on any atom is -0.348 e. The molecule has 0 saturated heterocycles.